The number of hydrogen-bond acceptors (Lipinski definition) is 3. The van der Waals surface area contributed by atoms with Gasteiger partial charge in [-0.15, -0.1) is 0 Å². The van der Waals surface area contributed by atoms with Gasteiger partial charge in [0.15, 0.2) is 0 Å². The van der Waals surface area contributed by atoms with E-state index in [2.05, 4.69) is 4.72 Å². The van der Waals surface area contributed by atoms with Crippen molar-refractivity contribution in [3.63, 3.8) is 0 Å². The van der Waals surface area contributed by atoms with Crippen LogP contribution in [0.3, 0.4) is 0 Å². The fraction of sp³-hybridized carbons (Fsp3) is 0.500. The van der Waals surface area contributed by atoms with Crippen molar-refractivity contribution in [2.24, 2.45) is 11.7 Å². The Labute approximate surface area is 122 Å². The van der Waals surface area contributed by atoms with Gasteiger partial charge < -0.3 is 10.5 Å². The summed E-state index contributed by atoms with van der Waals surface area (Å²) in [6.07, 6.45) is 2.14. The average molecular weight is 298 g/mol. The SMILES string of the molecule is CCCC(CNS(=O)c1ccccc1OC)CC(N)=O. The lowest BCUT2D eigenvalue weighted by atomic mass is 10.00. The van der Waals surface area contributed by atoms with E-state index in [1.165, 1.54) is 0 Å². The molecular weight excluding hydrogens is 276 g/mol. The third-order valence-electron chi connectivity index (χ3n) is 2.96. The number of primary amides is 1. The largest absolute Gasteiger partial charge is 0.495 e. The highest BCUT2D eigenvalue weighted by atomic mass is 32.2. The second kappa shape index (κ2) is 8.71. The highest BCUT2D eigenvalue weighted by molar-refractivity contribution is 7.83. The molecule has 112 valence electrons. The van der Waals surface area contributed by atoms with E-state index < -0.39 is 11.0 Å². The van der Waals surface area contributed by atoms with E-state index in [-0.39, 0.29) is 11.8 Å². The number of nitrogens with one attached hydrogen (secondary N) is 1. The molecule has 0 fully saturated rings. The van der Waals surface area contributed by atoms with Gasteiger partial charge in [-0.25, -0.2) is 8.93 Å². The average Bonchev–Trinajstić information content (AvgIpc) is 2.44. The Hall–Kier alpha value is -1.40. The molecule has 1 aromatic carbocycles. The molecule has 0 aliphatic heterocycles. The van der Waals surface area contributed by atoms with Crippen LogP contribution in [0.5, 0.6) is 5.75 Å². The molecule has 0 spiro atoms. The number of benzene rings is 1. The van der Waals surface area contributed by atoms with Crippen molar-refractivity contribution >= 4 is 16.9 Å². The minimum Gasteiger partial charge on any atom is -0.495 e. The van der Waals surface area contributed by atoms with Crippen molar-refractivity contribution < 1.29 is 13.7 Å². The molecule has 2 unspecified atom stereocenters. The number of rotatable bonds is 9. The van der Waals surface area contributed by atoms with Crippen LogP contribution in [-0.2, 0) is 15.8 Å². The molecule has 0 heterocycles. The van der Waals surface area contributed by atoms with Crippen LogP contribution in [0.1, 0.15) is 26.2 Å². The number of carbonyl (C=O) groups excluding carboxylic acids is 1. The third kappa shape index (κ3) is 5.30. The number of carbonyl (C=O) groups is 1. The summed E-state index contributed by atoms with van der Waals surface area (Å²) in [5.74, 6) is 0.366. The van der Waals surface area contributed by atoms with E-state index in [1.54, 1.807) is 19.2 Å². The van der Waals surface area contributed by atoms with Crippen molar-refractivity contribution in [2.75, 3.05) is 13.7 Å². The summed E-state index contributed by atoms with van der Waals surface area (Å²) in [5.41, 5.74) is 5.22. The number of para-hydroxylation sites is 1. The van der Waals surface area contributed by atoms with E-state index in [0.29, 0.717) is 23.6 Å². The maximum absolute atomic E-state index is 12.2. The van der Waals surface area contributed by atoms with Gasteiger partial charge in [0.05, 0.1) is 12.0 Å². The minimum absolute atomic E-state index is 0.108. The molecule has 6 heteroatoms. The Kier molecular flexibility index (Phi) is 7.25. The van der Waals surface area contributed by atoms with Crippen molar-refractivity contribution in [1.82, 2.24) is 4.72 Å². The van der Waals surface area contributed by atoms with Crippen LogP contribution in [0, 0.1) is 5.92 Å². The Morgan fingerprint density at radius 2 is 2.15 bits per heavy atom. The van der Waals surface area contributed by atoms with E-state index >= 15 is 0 Å². The smallest absolute Gasteiger partial charge is 0.217 e. The summed E-state index contributed by atoms with van der Waals surface area (Å²) in [4.78, 5) is 11.6. The third-order valence-corrected chi connectivity index (χ3v) is 4.12. The maximum Gasteiger partial charge on any atom is 0.217 e. The van der Waals surface area contributed by atoms with Crippen LogP contribution >= 0.6 is 0 Å². The highest BCUT2D eigenvalue weighted by Crippen LogP contribution is 2.20. The van der Waals surface area contributed by atoms with Gasteiger partial charge in [0.2, 0.25) is 5.91 Å². The van der Waals surface area contributed by atoms with Crippen molar-refractivity contribution in [2.45, 2.75) is 31.1 Å². The summed E-state index contributed by atoms with van der Waals surface area (Å²) in [6, 6.07) is 7.16. The molecule has 3 N–H and O–H groups in total. The first-order valence-corrected chi connectivity index (χ1v) is 7.80. The van der Waals surface area contributed by atoms with Crippen LogP contribution in [0.25, 0.3) is 0 Å². The number of hydrogen-bond donors (Lipinski definition) is 2. The molecule has 1 aromatic rings. The molecule has 0 bridgehead atoms. The van der Waals surface area contributed by atoms with Gasteiger partial charge in [-0.2, -0.15) is 0 Å². The molecule has 20 heavy (non-hydrogen) atoms. The second-order valence-corrected chi connectivity index (χ2v) is 5.86. The first-order chi connectivity index (χ1) is 9.58. The molecule has 0 aromatic heterocycles. The fourth-order valence-electron chi connectivity index (χ4n) is 2.01. The number of amides is 1. The number of nitrogens with two attached hydrogens (primary N) is 1. The Balaban J connectivity index is 2.62. The Bertz CT molecular complexity index is 465. The first kappa shape index (κ1) is 16.7. The van der Waals surface area contributed by atoms with Gasteiger partial charge >= 0.3 is 0 Å². The summed E-state index contributed by atoms with van der Waals surface area (Å²) < 4.78 is 20.3. The molecule has 2 atom stereocenters. The van der Waals surface area contributed by atoms with Crippen LogP contribution in [0.4, 0.5) is 0 Å². The van der Waals surface area contributed by atoms with Crippen molar-refractivity contribution in [1.29, 1.82) is 0 Å². The standard InChI is InChI=1S/C14H22N2O3S/c1-3-6-11(9-14(15)17)10-16-20(18)13-8-5-4-7-12(13)19-2/h4-5,7-8,11,16H,3,6,9-10H2,1-2H3,(H2,15,17). The molecule has 0 saturated carbocycles. The lowest BCUT2D eigenvalue weighted by Crippen LogP contribution is -2.28. The quantitative estimate of drug-likeness (QED) is 0.726. The minimum atomic E-state index is -1.36. The summed E-state index contributed by atoms with van der Waals surface area (Å²) in [6.45, 7) is 2.53. The molecule has 1 amide bonds. The summed E-state index contributed by atoms with van der Waals surface area (Å²) >= 11 is 0. The fourth-order valence-corrected chi connectivity index (χ4v) is 3.09. The number of methoxy groups -OCH3 is 1. The molecular formula is C14H22N2O3S. The molecule has 0 saturated heterocycles. The zero-order valence-electron chi connectivity index (χ0n) is 11.9. The molecule has 5 nitrogen and oxygen atoms in total. The second-order valence-electron chi connectivity index (χ2n) is 4.59. The van der Waals surface area contributed by atoms with Crippen LogP contribution < -0.4 is 15.2 Å². The van der Waals surface area contributed by atoms with E-state index in [1.807, 2.05) is 19.1 Å². The van der Waals surface area contributed by atoms with Crippen molar-refractivity contribution in [3.8, 4) is 5.75 Å². The summed E-state index contributed by atoms with van der Waals surface area (Å²) in [5, 5.41) is 0. The highest BCUT2D eigenvalue weighted by Gasteiger charge is 2.14. The van der Waals surface area contributed by atoms with Gasteiger partial charge in [0.1, 0.15) is 16.7 Å². The molecule has 0 aliphatic rings. The van der Waals surface area contributed by atoms with Gasteiger partial charge in [-0.1, -0.05) is 25.5 Å². The van der Waals surface area contributed by atoms with E-state index in [0.717, 1.165) is 12.8 Å². The van der Waals surface area contributed by atoms with Gasteiger partial charge in [0, 0.05) is 13.0 Å². The molecule has 1 rings (SSSR count). The van der Waals surface area contributed by atoms with Gasteiger partial charge in [-0.05, 0) is 24.5 Å². The monoisotopic (exact) mass is 298 g/mol. The topological polar surface area (TPSA) is 81.4 Å². The van der Waals surface area contributed by atoms with Crippen LogP contribution in [0.2, 0.25) is 0 Å². The Morgan fingerprint density at radius 3 is 2.75 bits per heavy atom. The number of ether oxygens (including phenoxy) is 1. The first-order valence-electron chi connectivity index (χ1n) is 6.65. The van der Waals surface area contributed by atoms with Gasteiger partial charge in [0.25, 0.3) is 0 Å². The normalized spacial score (nSPS) is 13.7. The predicted octanol–water partition coefficient (Wildman–Crippen LogP) is 1.60. The lowest BCUT2D eigenvalue weighted by Gasteiger charge is -2.15. The maximum atomic E-state index is 12.2. The molecule has 0 aliphatic carbocycles. The predicted molar refractivity (Wildman–Crippen MR) is 79.6 cm³/mol. The summed E-state index contributed by atoms with van der Waals surface area (Å²) in [7, 11) is 0.184. The van der Waals surface area contributed by atoms with Gasteiger partial charge in [-0.3, -0.25) is 4.79 Å². The van der Waals surface area contributed by atoms with Crippen LogP contribution in [-0.4, -0.2) is 23.8 Å². The van der Waals surface area contributed by atoms with Crippen molar-refractivity contribution in [3.05, 3.63) is 24.3 Å². The zero-order valence-corrected chi connectivity index (χ0v) is 12.7. The van der Waals surface area contributed by atoms with E-state index in [9.17, 15) is 9.00 Å². The lowest BCUT2D eigenvalue weighted by molar-refractivity contribution is -0.118. The Morgan fingerprint density at radius 1 is 1.45 bits per heavy atom. The zero-order chi connectivity index (χ0) is 15.0. The van der Waals surface area contributed by atoms with E-state index in [4.69, 9.17) is 10.5 Å². The van der Waals surface area contributed by atoms with Crippen LogP contribution in [0.15, 0.2) is 29.2 Å². The molecule has 0 radical (unpaired) electrons.